The van der Waals surface area contributed by atoms with Crippen LogP contribution in [0.15, 0.2) is 35.1 Å². The number of Topliss-reactive ketones (excluding diaryl/α,β-unsaturated/α-hetero) is 1. The van der Waals surface area contributed by atoms with E-state index in [1.165, 1.54) is 18.2 Å². The van der Waals surface area contributed by atoms with E-state index in [1.807, 2.05) is 25.7 Å². The molecule has 1 saturated heterocycles. The molecule has 1 aliphatic heterocycles. The quantitative estimate of drug-likeness (QED) is 0.659. The number of carbonyl (C=O) groups excluding carboxylic acids is 1. The first-order valence-electron chi connectivity index (χ1n) is 10.5. The van der Waals surface area contributed by atoms with E-state index in [0.29, 0.717) is 24.6 Å². The summed E-state index contributed by atoms with van der Waals surface area (Å²) >= 11 is 0. The number of alkyl halides is 3. The van der Waals surface area contributed by atoms with Gasteiger partial charge < -0.3 is 9.64 Å². The van der Waals surface area contributed by atoms with Gasteiger partial charge >= 0.3 is 6.18 Å². The zero-order chi connectivity index (χ0) is 23.7. The Kier molecular flexibility index (Phi) is 6.78. The Morgan fingerprint density at radius 2 is 1.91 bits per heavy atom. The monoisotopic (exact) mass is 451 g/mol. The van der Waals surface area contributed by atoms with Gasteiger partial charge in [-0.3, -0.25) is 14.6 Å². The van der Waals surface area contributed by atoms with Crippen LogP contribution in [0.5, 0.6) is 0 Å². The first-order valence-corrected chi connectivity index (χ1v) is 10.5. The molecule has 1 aromatic carbocycles. The molecule has 32 heavy (non-hydrogen) atoms. The van der Waals surface area contributed by atoms with Crippen molar-refractivity contribution in [3.63, 3.8) is 0 Å². The normalized spacial score (nSPS) is 18.1. The lowest BCUT2D eigenvalue weighted by molar-refractivity contribution is -0.137. The van der Waals surface area contributed by atoms with Crippen molar-refractivity contribution in [2.45, 2.75) is 51.8 Å². The van der Waals surface area contributed by atoms with Gasteiger partial charge in [-0.1, -0.05) is 32.9 Å². The average molecular weight is 451 g/mol. The first kappa shape index (κ1) is 24.0. The molecule has 2 atom stereocenters. The zero-order valence-corrected chi connectivity index (χ0v) is 18.6. The van der Waals surface area contributed by atoms with Crippen LogP contribution in [-0.4, -0.2) is 42.1 Å². The van der Waals surface area contributed by atoms with Crippen LogP contribution in [0.25, 0.3) is 0 Å². The molecule has 1 fully saturated rings. The fourth-order valence-electron chi connectivity index (χ4n) is 3.97. The number of methoxy groups -OCH3 is 1. The Balaban J connectivity index is 1.85. The predicted molar refractivity (Wildman–Crippen MR) is 115 cm³/mol. The minimum absolute atomic E-state index is 0.0193. The minimum Gasteiger partial charge on any atom is -0.380 e. The number of ether oxygens (including phenoxy) is 1. The SMILES string of the molecule is CO[C@@H]1CCN(c2nc(C(=O)C[C@@H](c3ccc(C(F)(F)F)cc3)C(C)(C)C)cc(=O)[nH]2)C1. The van der Waals surface area contributed by atoms with Crippen LogP contribution in [0.1, 0.15) is 61.1 Å². The molecular formula is C23H28F3N3O3. The Hall–Kier alpha value is -2.68. The molecule has 3 rings (SSSR count). The number of anilines is 1. The summed E-state index contributed by atoms with van der Waals surface area (Å²) in [6, 6.07) is 6.06. The Morgan fingerprint density at radius 1 is 1.25 bits per heavy atom. The summed E-state index contributed by atoms with van der Waals surface area (Å²) in [5, 5.41) is 0. The number of aromatic nitrogens is 2. The number of nitrogens with zero attached hydrogens (tertiary/aromatic N) is 2. The predicted octanol–water partition coefficient (Wildman–Crippen LogP) is 4.42. The van der Waals surface area contributed by atoms with E-state index in [-0.39, 0.29) is 29.9 Å². The zero-order valence-electron chi connectivity index (χ0n) is 18.6. The first-order chi connectivity index (χ1) is 14.9. The summed E-state index contributed by atoms with van der Waals surface area (Å²) in [4.78, 5) is 34.2. The second kappa shape index (κ2) is 9.05. The lowest BCUT2D eigenvalue weighted by Gasteiger charge is -2.31. The number of hydrogen-bond acceptors (Lipinski definition) is 5. The number of nitrogens with one attached hydrogen (secondary N) is 1. The number of halogens is 3. The molecule has 2 aromatic rings. The van der Waals surface area contributed by atoms with E-state index in [2.05, 4.69) is 9.97 Å². The van der Waals surface area contributed by atoms with E-state index in [0.717, 1.165) is 18.6 Å². The highest BCUT2D eigenvalue weighted by Crippen LogP contribution is 2.39. The topological polar surface area (TPSA) is 75.3 Å². The van der Waals surface area contributed by atoms with Crippen molar-refractivity contribution in [2.24, 2.45) is 5.41 Å². The summed E-state index contributed by atoms with van der Waals surface area (Å²) in [5.74, 6) is -0.367. The molecule has 0 unspecified atom stereocenters. The highest BCUT2D eigenvalue weighted by molar-refractivity contribution is 5.95. The van der Waals surface area contributed by atoms with E-state index >= 15 is 0 Å². The maximum atomic E-state index is 13.1. The van der Waals surface area contributed by atoms with Gasteiger partial charge in [-0.2, -0.15) is 13.2 Å². The van der Waals surface area contributed by atoms with Crippen LogP contribution in [0.2, 0.25) is 0 Å². The van der Waals surface area contributed by atoms with Crippen LogP contribution in [0.4, 0.5) is 19.1 Å². The molecule has 0 spiro atoms. The third-order valence-electron chi connectivity index (χ3n) is 5.87. The molecule has 2 heterocycles. The molecule has 1 aliphatic rings. The van der Waals surface area contributed by atoms with Gasteiger partial charge in [0.2, 0.25) is 5.95 Å². The van der Waals surface area contributed by atoms with Gasteiger partial charge in [0.1, 0.15) is 5.69 Å². The minimum atomic E-state index is -4.42. The average Bonchev–Trinajstić information content (AvgIpc) is 3.19. The van der Waals surface area contributed by atoms with Gasteiger partial charge in [-0.25, -0.2) is 4.98 Å². The molecule has 0 radical (unpaired) electrons. The molecule has 0 bridgehead atoms. The molecule has 0 aliphatic carbocycles. The number of benzene rings is 1. The molecule has 6 nitrogen and oxygen atoms in total. The van der Waals surface area contributed by atoms with Gasteiger partial charge in [-0.05, 0) is 35.4 Å². The smallest absolute Gasteiger partial charge is 0.380 e. The molecule has 174 valence electrons. The molecule has 1 N–H and O–H groups in total. The maximum absolute atomic E-state index is 13.1. The van der Waals surface area contributed by atoms with Crippen LogP contribution in [0.3, 0.4) is 0 Å². The second-order valence-corrected chi connectivity index (χ2v) is 9.21. The summed E-state index contributed by atoms with van der Waals surface area (Å²) in [6.07, 6.45) is -3.58. The van der Waals surface area contributed by atoms with Crippen molar-refractivity contribution in [3.05, 3.63) is 57.5 Å². The lowest BCUT2D eigenvalue weighted by atomic mass is 9.73. The van der Waals surface area contributed by atoms with Gasteiger partial charge in [0.25, 0.3) is 5.56 Å². The van der Waals surface area contributed by atoms with Crippen molar-refractivity contribution in [2.75, 3.05) is 25.1 Å². The highest BCUT2D eigenvalue weighted by atomic mass is 19.4. The largest absolute Gasteiger partial charge is 0.416 e. The van der Waals surface area contributed by atoms with E-state index < -0.39 is 22.7 Å². The number of carbonyl (C=O) groups is 1. The number of hydrogen-bond donors (Lipinski definition) is 1. The third-order valence-corrected chi connectivity index (χ3v) is 5.87. The Labute approximate surface area is 184 Å². The molecule has 0 amide bonds. The summed E-state index contributed by atoms with van der Waals surface area (Å²) in [6.45, 7) is 6.99. The molecule has 9 heteroatoms. The van der Waals surface area contributed by atoms with Crippen molar-refractivity contribution < 1.29 is 22.7 Å². The van der Waals surface area contributed by atoms with E-state index in [1.54, 1.807) is 7.11 Å². The lowest BCUT2D eigenvalue weighted by Crippen LogP contribution is -2.28. The molecule has 0 saturated carbocycles. The van der Waals surface area contributed by atoms with Crippen molar-refractivity contribution in [3.8, 4) is 0 Å². The highest BCUT2D eigenvalue weighted by Gasteiger charge is 2.33. The number of aromatic amines is 1. The Morgan fingerprint density at radius 3 is 2.44 bits per heavy atom. The maximum Gasteiger partial charge on any atom is 0.416 e. The number of rotatable bonds is 6. The fraction of sp³-hybridized carbons (Fsp3) is 0.522. The van der Waals surface area contributed by atoms with Gasteiger partial charge in [0.15, 0.2) is 5.78 Å². The molecule has 1 aromatic heterocycles. The van der Waals surface area contributed by atoms with Crippen LogP contribution in [0, 0.1) is 5.41 Å². The Bertz CT molecular complexity index is 1010. The van der Waals surface area contributed by atoms with Crippen LogP contribution >= 0.6 is 0 Å². The van der Waals surface area contributed by atoms with Crippen molar-refractivity contribution in [1.29, 1.82) is 0 Å². The van der Waals surface area contributed by atoms with E-state index in [9.17, 15) is 22.8 Å². The molecular weight excluding hydrogens is 423 g/mol. The van der Waals surface area contributed by atoms with Gasteiger partial charge in [0.05, 0.1) is 11.7 Å². The van der Waals surface area contributed by atoms with E-state index in [4.69, 9.17) is 4.74 Å². The summed E-state index contributed by atoms with van der Waals surface area (Å²) in [7, 11) is 1.62. The van der Waals surface area contributed by atoms with Crippen LogP contribution in [-0.2, 0) is 10.9 Å². The summed E-state index contributed by atoms with van der Waals surface area (Å²) < 4.78 is 44.1. The number of ketones is 1. The fourth-order valence-corrected chi connectivity index (χ4v) is 3.97. The number of H-pyrrole nitrogens is 1. The van der Waals surface area contributed by atoms with Gasteiger partial charge in [0, 0.05) is 32.7 Å². The van der Waals surface area contributed by atoms with Gasteiger partial charge in [-0.15, -0.1) is 0 Å². The second-order valence-electron chi connectivity index (χ2n) is 9.21. The standard InChI is InChI=1S/C23H28F3N3O3/c1-22(2,3)17(14-5-7-15(8-6-14)23(24,25)26)11-19(30)18-12-20(31)28-21(27-18)29-10-9-16(13-29)32-4/h5-8,12,16-17H,9-11,13H2,1-4H3,(H,27,28,31)/t16-,17+/m1/s1. The summed E-state index contributed by atoms with van der Waals surface area (Å²) in [5.41, 5.74) is -0.889. The van der Waals surface area contributed by atoms with Crippen molar-refractivity contribution in [1.82, 2.24) is 9.97 Å². The van der Waals surface area contributed by atoms with Crippen LogP contribution < -0.4 is 10.5 Å². The third kappa shape index (κ3) is 5.56. The van der Waals surface area contributed by atoms with Crippen molar-refractivity contribution >= 4 is 11.7 Å².